The van der Waals surface area contributed by atoms with Gasteiger partial charge in [-0.25, -0.2) is 0 Å². The third-order valence-corrected chi connectivity index (χ3v) is 5.64. The molecular weight excluding hydrogens is 440 g/mol. The van der Waals surface area contributed by atoms with Gasteiger partial charge < -0.3 is 70.0 Å². The molecule has 190 valence electrons. The Morgan fingerprint density at radius 2 is 1.19 bits per heavy atom. The van der Waals surface area contributed by atoms with Crippen LogP contribution in [0.1, 0.15) is 13.8 Å². The minimum absolute atomic E-state index is 0.692. The molecule has 0 amide bonds. The summed E-state index contributed by atoms with van der Waals surface area (Å²) in [6, 6.07) is 0. The molecule has 0 radical (unpaired) electrons. The first kappa shape index (κ1) is 27.7. The van der Waals surface area contributed by atoms with Gasteiger partial charge in [0.15, 0.2) is 12.6 Å². The smallest absolute Gasteiger partial charge is 0.187 e. The molecule has 2 rings (SSSR count). The standard InChI is InChI=1S/C18H34O14/c1-5-9(22)13(26)15(28)17(30-5)32-16-14(27)10(23)6(2)31-18(16)29-4-8(21)12(25)11(24)7(20)3-19/h5-28H,3-4H2,1-2H3/t5-,6-,7+,8-,9-,10-,11+,12+,13+,14+,15+,16+,17-,18+/m0/s1. The maximum atomic E-state index is 10.4. The van der Waals surface area contributed by atoms with Crippen molar-refractivity contribution >= 4 is 0 Å². The predicted molar refractivity (Wildman–Crippen MR) is 101 cm³/mol. The van der Waals surface area contributed by atoms with Crippen LogP contribution in [0.3, 0.4) is 0 Å². The van der Waals surface area contributed by atoms with Crippen LogP contribution in [0, 0.1) is 0 Å². The second-order valence-electron chi connectivity index (χ2n) is 8.10. The number of aliphatic hydroxyl groups excluding tert-OH is 10. The minimum atomic E-state index is -1.91. The molecule has 32 heavy (non-hydrogen) atoms. The number of ether oxygens (including phenoxy) is 4. The Morgan fingerprint density at radius 3 is 1.75 bits per heavy atom. The van der Waals surface area contributed by atoms with Crippen LogP contribution in [-0.2, 0) is 18.9 Å². The molecule has 0 spiro atoms. The van der Waals surface area contributed by atoms with E-state index in [-0.39, 0.29) is 0 Å². The van der Waals surface area contributed by atoms with Crippen LogP contribution in [0.2, 0.25) is 0 Å². The third kappa shape index (κ3) is 6.11. The summed E-state index contributed by atoms with van der Waals surface area (Å²) < 4.78 is 21.6. The van der Waals surface area contributed by atoms with Crippen molar-refractivity contribution in [2.24, 2.45) is 0 Å². The molecule has 10 N–H and O–H groups in total. The van der Waals surface area contributed by atoms with E-state index in [4.69, 9.17) is 24.1 Å². The topological polar surface area (TPSA) is 239 Å². The normalized spacial score (nSPS) is 44.6. The van der Waals surface area contributed by atoms with Crippen molar-refractivity contribution in [2.75, 3.05) is 13.2 Å². The molecule has 2 fully saturated rings. The highest BCUT2D eigenvalue weighted by Gasteiger charge is 2.49. The minimum Gasteiger partial charge on any atom is -0.394 e. The average Bonchev–Trinajstić information content (AvgIpc) is 2.78. The van der Waals surface area contributed by atoms with Crippen LogP contribution >= 0.6 is 0 Å². The van der Waals surface area contributed by atoms with Crippen LogP contribution in [0.4, 0.5) is 0 Å². The molecule has 0 aromatic carbocycles. The molecule has 14 heteroatoms. The summed E-state index contributed by atoms with van der Waals surface area (Å²) in [5.41, 5.74) is 0. The molecule has 2 saturated heterocycles. The molecule has 0 aromatic heterocycles. The van der Waals surface area contributed by atoms with Crippen LogP contribution in [0.5, 0.6) is 0 Å². The zero-order chi connectivity index (χ0) is 24.3. The predicted octanol–water partition coefficient (Wildman–Crippen LogP) is -5.88. The summed E-state index contributed by atoms with van der Waals surface area (Å²) in [4.78, 5) is 0. The van der Waals surface area contributed by atoms with E-state index in [0.717, 1.165) is 0 Å². The Morgan fingerprint density at radius 1 is 0.688 bits per heavy atom. The first-order valence-corrected chi connectivity index (χ1v) is 10.2. The van der Waals surface area contributed by atoms with Crippen molar-refractivity contribution in [3.63, 3.8) is 0 Å². The van der Waals surface area contributed by atoms with E-state index >= 15 is 0 Å². The van der Waals surface area contributed by atoms with Crippen molar-refractivity contribution in [1.82, 2.24) is 0 Å². The number of hydrogen-bond donors (Lipinski definition) is 10. The van der Waals surface area contributed by atoms with Crippen molar-refractivity contribution < 1.29 is 70.0 Å². The molecule has 2 heterocycles. The summed E-state index contributed by atoms with van der Waals surface area (Å²) in [6.45, 7) is 1.28. The molecule has 0 aliphatic carbocycles. The Kier molecular flexibility index (Phi) is 10.1. The van der Waals surface area contributed by atoms with Gasteiger partial charge in [0.2, 0.25) is 0 Å². The van der Waals surface area contributed by atoms with Gasteiger partial charge >= 0.3 is 0 Å². The highest BCUT2D eigenvalue weighted by molar-refractivity contribution is 4.92. The average molecular weight is 474 g/mol. The van der Waals surface area contributed by atoms with Gasteiger partial charge in [0.1, 0.15) is 61.0 Å². The summed E-state index contributed by atoms with van der Waals surface area (Å²) in [6.07, 6.45) is -21.5. The Hall–Kier alpha value is -0.560. The lowest BCUT2D eigenvalue weighted by Crippen LogP contribution is -2.63. The van der Waals surface area contributed by atoms with E-state index < -0.39 is 99.0 Å². The lowest BCUT2D eigenvalue weighted by atomic mass is 9.98. The van der Waals surface area contributed by atoms with Gasteiger partial charge in [0, 0.05) is 0 Å². The van der Waals surface area contributed by atoms with Crippen LogP contribution in [0.15, 0.2) is 0 Å². The maximum absolute atomic E-state index is 10.4. The Labute approximate surface area is 183 Å². The molecule has 2 aliphatic heterocycles. The van der Waals surface area contributed by atoms with Crippen LogP contribution in [-0.4, -0.2) is 150 Å². The van der Waals surface area contributed by atoms with E-state index in [1.54, 1.807) is 0 Å². The zero-order valence-corrected chi connectivity index (χ0v) is 17.6. The van der Waals surface area contributed by atoms with E-state index in [1.165, 1.54) is 13.8 Å². The summed E-state index contributed by atoms with van der Waals surface area (Å²) in [5.74, 6) is 0. The van der Waals surface area contributed by atoms with E-state index in [9.17, 15) is 46.0 Å². The first-order chi connectivity index (χ1) is 14.9. The molecule has 0 bridgehead atoms. The fourth-order valence-corrected chi connectivity index (χ4v) is 3.42. The van der Waals surface area contributed by atoms with E-state index in [1.807, 2.05) is 0 Å². The van der Waals surface area contributed by atoms with Gasteiger partial charge in [-0.15, -0.1) is 0 Å². The summed E-state index contributed by atoms with van der Waals surface area (Å²) in [7, 11) is 0. The number of aliphatic hydroxyl groups is 10. The van der Waals surface area contributed by atoms with Gasteiger partial charge in [-0.3, -0.25) is 0 Å². The molecule has 14 atom stereocenters. The van der Waals surface area contributed by atoms with Crippen molar-refractivity contribution in [1.29, 1.82) is 0 Å². The molecule has 14 nitrogen and oxygen atoms in total. The van der Waals surface area contributed by atoms with E-state index in [2.05, 4.69) is 0 Å². The van der Waals surface area contributed by atoms with Crippen molar-refractivity contribution in [3.05, 3.63) is 0 Å². The fraction of sp³-hybridized carbons (Fsp3) is 1.00. The summed E-state index contributed by atoms with van der Waals surface area (Å²) in [5, 5.41) is 98.3. The highest BCUT2D eigenvalue weighted by atomic mass is 16.8. The van der Waals surface area contributed by atoms with Gasteiger partial charge in [-0.05, 0) is 13.8 Å². The Balaban J connectivity index is 2.08. The van der Waals surface area contributed by atoms with Crippen LogP contribution in [0.25, 0.3) is 0 Å². The monoisotopic (exact) mass is 474 g/mol. The van der Waals surface area contributed by atoms with Gasteiger partial charge in [0.25, 0.3) is 0 Å². The van der Waals surface area contributed by atoms with Crippen LogP contribution < -0.4 is 0 Å². The second-order valence-corrected chi connectivity index (χ2v) is 8.10. The van der Waals surface area contributed by atoms with Crippen molar-refractivity contribution in [2.45, 2.75) is 99.7 Å². The molecule has 2 aliphatic rings. The lowest BCUT2D eigenvalue weighted by molar-refractivity contribution is -0.363. The van der Waals surface area contributed by atoms with Gasteiger partial charge in [-0.2, -0.15) is 0 Å². The lowest BCUT2D eigenvalue weighted by Gasteiger charge is -2.45. The largest absolute Gasteiger partial charge is 0.394 e. The van der Waals surface area contributed by atoms with E-state index in [0.29, 0.717) is 0 Å². The quantitative estimate of drug-likeness (QED) is 0.150. The maximum Gasteiger partial charge on any atom is 0.187 e. The second kappa shape index (κ2) is 11.7. The molecule has 0 saturated carbocycles. The first-order valence-electron chi connectivity index (χ1n) is 10.2. The fourth-order valence-electron chi connectivity index (χ4n) is 3.42. The van der Waals surface area contributed by atoms with Crippen molar-refractivity contribution in [3.8, 4) is 0 Å². The highest BCUT2D eigenvalue weighted by Crippen LogP contribution is 2.29. The summed E-state index contributed by atoms with van der Waals surface area (Å²) >= 11 is 0. The SMILES string of the molecule is C[C@@H]1O[C@@H](O[C@H]2[C@H](OC[C@H](O)[C@@H](O)[C@H](O)[C@H](O)CO)O[C@@H](C)[C@H](O)[C@H]2O)[C@H](O)[C@H](O)[C@H]1O. The number of rotatable bonds is 9. The van der Waals surface area contributed by atoms with Gasteiger partial charge in [-0.1, -0.05) is 0 Å². The van der Waals surface area contributed by atoms with Gasteiger partial charge in [0.05, 0.1) is 25.4 Å². The Bertz CT molecular complexity index is 568. The molecule has 0 unspecified atom stereocenters. The zero-order valence-electron chi connectivity index (χ0n) is 17.6. The number of hydrogen-bond acceptors (Lipinski definition) is 14. The third-order valence-electron chi connectivity index (χ3n) is 5.64. The molecular formula is C18H34O14. The molecule has 0 aromatic rings.